The molecule has 0 fully saturated rings. The third-order valence-electron chi connectivity index (χ3n) is 1.27. The van der Waals surface area contributed by atoms with Crippen molar-refractivity contribution in [1.29, 1.82) is 0 Å². The van der Waals surface area contributed by atoms with Gasteiger partial charge in [-0.3, -0.25) is 4.79 Å². The largest absolute Gasteiger partial charge is 0.341 e. The van der Waals surface area contributed by atoms with E-state index in [4.69, 9.17) is 10.2 Å². The molecule has 0 radical (unpaired) electrons. The second kappa shape index (κ2) is 1.57. The van der Waals surface area contributed by atoms with Crippen molar-refractivity contribution in [2.75, 3.05) is 0 Å². The average Bonchev–Trinajstić information content (AvgIpc) is 2.39. The SMILES string of the molecule is O=C1N=NC2=C1N=NC2(O)O. The molecule has 0 aromatic heterocycles. The van der Waals surface area contributed by atoms with Crippen molar-refractivity contribution in [3.8, 4) is 0 Å². The van der Waals surface area contributed by atoms with Crippen LogP contribution in [0.4, 0.5) is 0 Å². The molecule has 2 N–H and O–H groups in total. The lowest BCUT2D eigenvalue weighted by molar-refractivity contribution is -0.121. The zero-order valence-corrected chi connectivity index (χ0v) is 5.09. The zero-order valence-electron chi connectivity index (χ0n) is 5.09. The van der Waals surface area contributed by atoms with E-state index in [1.165, 1.54) is 0 Å². The minimum atomic E-state index is -2.47. The molecule has 0 aliphatic carbocycles. The van der Waals surface area contributed by atoms with Crippen LogP contribution in [0.1, 0.15) is 0 Å². The lowest BCUT2D eigenvalue weighted by Crippen LogP contribution is -2.24. The maximum atomic E-state index is 10.6. The van der Waals surface area contributed by atoms with Gasteiger partial charge >= 0.3 is 11.8 Å². The summed E-state index contributed by atoms with van der Waals surface area (Å²) in [6, 6.07) is 0. The summed E-state index contributed by atoms with van der Waals surface area (Å²) in [5.41, 5.74) is -0.502. The Morgan fingerprint density at radius 3 is 2.55 bits per heavy atom. The summed E-state index contributed by atoms with van der Waals surface area (Å²) in [5.74, 6) is -3.17. The van der Waals surface area contributed by atoms with Gasteiger partial charge in [0.05, 0.1) is 0 Å². The van der Waals surface area contributed by atoms with Gasteiger partial charge in [0, 0.05) is 0 Å². The van der Waals surface area contributed by atoms with Crippen molar-refractivity contribution in [3.63, 3.8) is 0 Å². The van der Waals surface area contributed by atoms with E-state index in [0.717, 1.165) is 0 Å². The first-order valence-electron chi connectivity index (χ1n) is 2.70. The van der Waals surface area contributed by atoms with Crippen LogP contribution in [0.3, 0.4) is 0 Å². The number of hydrogen-bond donors (Lipinski definition) is 2. The van der Waals surface area contributed by atoms with Crippen LogP contribution >= 0.6 is 0 Å². The lowest BCUT2D eigenvalue weighted by atomic mass is 10.3. The minimum Gasteiger partial charge on any atom is -0.341 e. The van der Waals surface area contributed by atoms with Gasteiger partial charge in [-0.15, -0.1) is 20.5 Å². The van der Waals surface area contributed by atoms with Crippen molar-refractivity contribution in [1.82, 2.24) is 0 Å². The highest BCUT2D eigenvalue weighted by atomic mass is 16.5. The number of azo groups is 2. The molecule has 2 heterocycles. The smallest absolute Gasteiger partial charge is 0.333 e. The summed E-state index contributed by atoms with van der Waals surface area (Å²) in [6.45, 7) is 0. The topological polar surface area (TPSA) is 107 Å². The first-order chi connectivity index (χ1) is 5.11. The number of aliphatic hydroxyl groups is 2. The molecule has 2 aliphatic rings. The molecule has 0 bridgehead atoms. The molecule has 2 rings (SSSR count). The molecule has 0 saturated heterocycles. The Morgan fingerprint density at radius 1 is 1.18 bits per heavy atom. The summed E-state index contributed by atoms with van der Waals surface area (Å²) >= 11 is 0. The molecule has 0 saturated carbocycles. The first-order valence-corrected chi connectivity index (χ1v) is 2.70. The summed E-state index contributed by atoms with van der Waals surface area (Å²) in [4.78, 5) is 10.6. The van der Waals surface area contributed by atoms with E-state index in [1.54, 1.807) is 0 Å². The van der Waals surface area contributed by atoms with Crippen LogP contribution in [0, 0.1) is 0 Å². The van der Waals surface area contributed by atoms with Crippen LogP contribution in [0.15, 0.2) is 31.9 Å². The first kappa shape index (κ1) is 6.25. The Morgan fingerprint density at radius 2 is 1.91 bits per heavy atom. The highest BCUT2D eigenvalue weighted by Crippen LogP contribution is 2.33. The van der Waals surface area contributed by atoms with Crippen molar-refractivity contribution in [3.05, 3.63) is 11.4 Å². The number of carbonyl (C=O) groups excluding carboxylic acids is 1. The second-order valence-corrected chi connectivity index (χ2v) is 2.04. The highest BCUT2D eigenvalue weighted by Gasteiger charge is 2.43. The Hall–Kier alpha value is -1.47. The van der Waals surface area contributed by atoms with E-state index in [1.807, 2.05) is 0 Å². The van der Waals surface area contributed by atoms with Gasteiger partial charge in [-0.25, -0.2) is 0 Å². The molecule has 1 amide bonds. The fraction of sp³-hybridized carbons (Fsp3) is 0.250. The summed E-state index contributed by atoms with van der Waals surface area (Å²) in [6.07, 6.45) is 0. The average molecular weight is 154 g/mol. The lowest BCUT2D eigenvalue weighted by Gasteiger charge is -2.06. The quantitative estimate of drug-likeness (QED) is 0.450. The van der Waals surface area contributed by atoms with Gasteiger partial charge in [-0.1, -0.05) is 0 Å². The maximum Gasteiger partial charge on any atom is 0.333 e. The molecule has 0 aromatic carbocycles. The number of rotatable bonds is 0. The molecule has 7 nitrogen and oxygen atoms in total. The normalized spacial score (nSPS) is 25.1. The molecule has 2 aliphatic heterocycles. The predicted molar refractivity (Wildman–Crippen MR) is 28.9 cm³/mol. The van der Waals surface area contributed by atoms with Gasteiger partial charge < -0.3 is 10.2 Å². The van der Waals surface area contributed by atoms with E-state index < -0.39 is 11.8 Å². The van der Waals surface area contributed by atoms with Gasteiger partial charge in [0.15, 0.2) is 11.4 Å². The monoisotopic (exact) mass is 154 g/mol. The van der Waals surface area contributed by atoms with Crippen molar-refractivity contribution in [2.24, 2.45) is 20.5 Å². The fourth-order valence-corrected chi connectivity index (χ4v) is 0.775. The highest BCUT2D eigenvalue weighted by molar-refractivity contribution is 5.96. The molecular weight excluding hydrogens is 152 g/mol. The molecule has 7 heteroatoms. The van der Waals surface area contributed by atoms with Crippen LogP contribution < -0.4 is 0 Å². The van der Waals surface area contributed by atoms with E-state index in [9.17, 15) is 4.79 Å². The van der Waals surface area contributed by atoms with E-state index in [2.05, 4.69) is 20.5 Å². The van der Waals surface area contributed by atoms with Crippen molar-refractivity contribution < 1.29 is 15.0 Å². The zero-order chi connectivity index (χ0) is 8.06. The number of amides is 1. The van der Waals surface area contributed by atoms with Crippen molar-refractivity contribution >= 4 is 5.91 Å². The Kier molecular flexibility index (Phi) is 0.895. The number of carbonyl (C=O) groups is 1. The van der Waals surface area contributed by atoms with Gasteiger partial charge in [-0.05, 0) is 0 Å². The van der Waals surface area contributed by atoms with Crippen LogP contribution in [0.5, 0.6) is 0 Å². The Balaban J connectivity index is 2.56. The van der Waals surface area contributed by atoms with Gasteiger partial charge in [-0.2, -0.15) is 0 Å². The summed E-state index contributed by atoms with van der Waals surface area (Å²) in [5, 5.41) is 30.3. The minimum absolute atomic E-state index is 0.199. The van der Waals surface area contributed by atoms with E-state index >= 15 is 0 Å². The van der Waals surface area contributed by atoms with Gasteiger partial charge in [0.25, 0.3) is 0 Å². The van der Waals surface area contributed by atoms with E-state index in [-0.39, 0.29) is 11.4 Å². The fourth-order valence-electron chi connectivity index (χ4n) is 0.775. The molecular formula is C4H2N4O3. The summed E-state index contributed by atoms with van der Waals surface area (Å²) in [7, 11) is 0. The molecule has 0 spiro atoms. The van der Waals surface area contributed by atoms with E-state index in [0.29, 0.717) is 0 Å². The number of hydrogen-bond acceptors (Lipinski definition) is 6. The maximum absolute atomic E-state index is 10.6. The molecule has 0 aromatic rings. The van der Waals surface area contributed by atoms with Crippen LogP contribution in [-0.2, 0) is 4.79 Å². The van der Waals surface area contributed by atoms with Gasteiger partial charge in [0.2, 0.25) is 0 Å². The predicted octanol–water partition coefficient (Wildman–Crippen LogP) is -0.705. The Labute approximate surface area is 59.8 Å². The third kappa shape index (κ3) is 0.657. The second-order valence-electron chi connectivity index (χ2n) is 2.04. The molecule has 0 unspecified atom stereocenters. The Bertz CT molecular complexity index is 326. The summed E-state index contributed by atoms with van der Waals surface area (Å²) < 4.78 is 0. The molecule has 11 heavy (non-hydrogen) atoms. The third-order valence-corrected chi connectivity index (χ3v) is 1.27. The van der Waals surface area contributed by atoms with Crippen LogP contribution in [-0.4, -0.2) is 22.0 Å². The van der Waals surface area contributed by atoms with Gasteiger partial charge in [0.1, 0.15) is 0 Å². The van der Waals surface area contributed by atoms with Crippen molar-refractivity contribution in [2.45, 2.75) is 5.91 Å². The van der Waals surface area contributed by atoms with Crippen LogP contribution in [0.25, 0.3) is 0 Å². The molecule has 56 valence electrons. The standard InChI is InChI=1S/C4H2N4O3/c9-3-1-2(6-7-3)4(10,11)8-5-1/h10-11H. The molecule has 0 atom stereocenters. The number of nitrogens with zero attached hydrogens (tertiary/aromatic N) is 4. The van der Waals surface area contributed by atoms with Crippen LogP contribution in [0.2, 0.25) is 0 Å².